The van der Waals surface area contributed by atoms with Crippen LogP contribution in [0.4, 0.5) is 5.82 Å². The van der Waals surface area contributed by atoms with Crippen molar-refractivity contribution in [3.63, 3.8) is 0 Å². The summed E-state index contributed by atoms with van der Waals surface area (Å²) in [5.74, 6) is 2.55. The Labute approximate surface area is 122 Å². The molecular weight excluding hydrogens is 250 g/mol. The number of rotatable bonds is 5. The lowest BCUT2D eigenvalue weighted by molar-refractivity contribution is -0.0837. The first-order valence-corrected chi connectivity index (χ1v) is 7.83. The second-order valence-electron chi connectivity index (χ2n) is 5.86. The van der Waals surface area contributed by atoms with Gasteiger partial charge in [0.15, 0.2) is 5.82 Å². The van der Waals surface area contributed by atoms with Gasteiger partial charge in [-0.3, -0.25) is 0 Å². The molecule has 1 saturated carbocycles. The summed E-state index contributed by atoms with van der Waals surface area (Å²) in [7, 11) is 0. The van der Waals surface area contributed by atoms with Crippen molar-refractivity contribution in [3.05, 3.63) is 17.6 Å². The molecule has 1 heterocycles. The standard InChI is InChI=1S/C16H27N3O/c1-5-17-14-11-13(4)18-15(19-14)16(20-6-2)9-7-12(3)8-10-16/h11-12H,5-10H2,1-4H3,(H,17,18,19). The zero-order valence-electron chi connectivity index (χ0n) is 13.2. The van der Waals surface area contributed by atoms with Gasteiger partial charge in [-0.1, -0.05) is 6.92 Å². The van der Waals surface area contributed by atoms with E-state index in [0.29, 0.717) is 6.61 Å². The molecule has 1 aromatic rings. The van der Waals surface area contributed by atoms with Crippen LogP contribution in [0.15, 0.2) is 6.07 Å². The maximum atomic E-state index is 6.14. The third-order valence-electron chi connectivity index (χ3n) is 4.12. The maximum absolute atomic E-state index is 6.14. The zero-order valence-corrected chi connectivity index (χ0v) is 13.2. The van der Waals surface area contributed by atoms with Crippen molar-refractivity contribution < 1.29 is 4.74 Å². The molecule has 0 aliphatic heterocycles. The zero-order chi connectivity index (χ0) is 14.6. The highest BCUT2D eigenvalue weighted by Gasteiger charge is 2.39. The van der Waals surface area contributed by atoms with E-state index in [1.54, 1.807) is 0 Å². The van der Waals surface area contributed by atoms with Crippen LogP contribution in [0.1, 0.15) is 58.0 Å². The molecule has 4 heteroatoms. The van der Waals surface area contributed by atoms with Crippen LogP contribution in [0.3, 0.4) is 0 Å². The molecule has 0 unspecified atom stereocenters. The number of aromatic nitrogens is 2. The Balaban J connectivity index is 2.33. The normalized spacial score (nSPS) is 26.5. The van der Waals surface area contributed by atoms with Crippen LogP contribution in [0.2, 0.25) is 0 Å². The van der Waals surface area contributed by atoms with Crippen LogP contribution in [0.5, 0.6) is 0 Å². The molecule has 2 rings (SSSR count). The SMILES string of the molecule is CCNc1cc(C)nc(C2(OCC)CCC(C)CC2)n1. The Bertz CT molecular complexity index is 439. The van der Waals surface area contributed by atoms with Gasteiger partial charge in [-0.2, -0.15) is 0 Å². The lowest BCUT2D eigenvalue weighted by Crippen LogP contribution is -2.36. The number of hydrogen-bond donors (Lipinski definition) is 1. The highest BCUT2D eigenvalue weighted by Crippen LogP contribution is 2.41. The molecule has 0 aromatic carbocycles. The molecule has 1 fully saturated rings. The summed E-state index contributed by atoms with van der Waals surface area (Å²) in [6, 6.07) is 2.00. The molecule has 112 valence electrons. The second kappa shape index (κ2) is 6.53. The Hall–Kier alpha value is -1.16. The van der Waals surface area contributed by atoms with Crippen molar-refractivity contribution >= 4 is 5.82 Å². The molecule has 0 radical (unpaired) electrons. The number of ether oxygens (including phenoxy) is 1. The Morgan fingerprint density at radius 1 is 1.30 bits per heavy atom. The fourth-order valence-corrected chi connectivity index (χ4v) is 2.98. The number of nitrogens with zero attached hydrogens (tertiary/aromatic N) is 2. The Morgan fingerprint density at radius 3 is 2.60 bits per heavy atom. The molecule has 20 heavy (non-hydrogen) atoms. The van der Waals surface area contributed by atoms with Crippen LogP contribution in [0, 0.1) is 12.8 Å². The van der Waals surface area contributed by atoms with Gasteiger partial charge in [-0.15, -0.1) is 0 Å². The van der Waals surface area contributed by atoms with Crippen molar-refractivity contribution in [1.29, 1.82) is 0 Å². The van der Waals surface area contributed by atoms with E-state index in [1.807, 2.05) is 13.0 Å². The number of anilines is 1. The van der Waals surface area contributed by atoms with Crippen molar-refractivity contribution in [2.75, 3.05) is 18.5 Å². The van der Waals surface area contributed by atoms with Crippen molar-refractivity contribution in [1.82, 2.24) is 9.97 Å². The average molecular weight is 277 g/mol. The van der Waals surface area contributed by atoms with E-state index in [1.165, 1.54) is 12.8 Å². The molecule has 1 aromatic heterocycles. The largest absolute Gasteiger partial charge is 0.370 e. The molecule has 0 atom stereocenters. The van der Waals surface area contributed by atoms with Gasteiger partial charge in [0.1, 0.15) is 11.4 Å². The van der Waals surface area contributed by atoms with Crippen molar-refractivity contribution in [2.24, 2.45) is 5.92 Å². The molecule has 1 aliphatic rings. The summed E-state index contributed by atoms with van der Waals surface area (Å²) < 4.78 is 6.14. The molecule has 0 amide bonds. The van der Waals surface area contributed by atoms with E-state index in [-0.39, 0.29) is 5.60 Å². The van der Waals surface area contributed by atoms with E-state index in [9.17, 15) is 0 Å². The van der Waals surface area contributed by atoms with E-state index in [0.717, 1.165) is 42.6 Å². The van der Waals surface area contributed by atoms with Crippen molar-refractivity contribution in [3.8, 4) is 0 Å². The fraction of sp³-hybridized carbons (Fsp3) is 0.750. The minimum Gasteiger partial charge on any atom is -0.370 e. The first-order chi connectivity index (χ1) is 9.59. The Morgan fingerprint density at radius 2 is 2.00 bits per heavy atom. The molecule has 0 bridgehead atoms. The highest BCUT2D eigenvalue weighted by molar-refractivity contribution is 5.36. The molecular formula is C16H27N3O. The minimum absolute atomic E-state index is 0.280. The van der Waals surface area contributed by atoms with Crippen LogP contribution in [-0.2, 0) is 10.3 Å². The van der Waals surface area contributed by atoms with Crippen LogP contribution in [0.25, 0.3) is 0 Å². The van der Waals surface area contributed by atoms with E-state index >= 15 is 0 Å². The predicted molar refractivity (Wildman–Crippen MR) is 81.9 cm³/mol. The molecule has 1 N–H and O–H groups in total. The fourth-order valence-electron chi connectivity index (χ4n) is 2.98. The molecule has 1 aliphatic carbocycles. The summed E-state index contributed by atoms with van der Waals surface area (Å²) in [4.78, 5) is 9.40. The third-order valence-corrected chi connectivity index (χ3v) is 4.12. The first-order valence-electron chi connectivity index (χ1n) is 7.83. The topological polar surface area (TPSA) is 47.0 Å². The Kier molecular flexibility index (Phi) is 4.97. The van der Waals surface area contributed by atoms with E-state index in [2.05, 4.69) is 31.1 Å². The summed E-state index contributed by atoms with van der Waals surface area (Å²) >= 11 is 0. The number of nitrogens with one attached hydrogen (secondary N) is 1. The number of aryl methyl sites for hydroxylation is 1. The lowest BCUT2D eigenvalue weighted by atomic mass is 9.78. The highest BCUT2D eigenvalue weighted by atomic mass is 16.5. The number of hydrogen-bond acceptors (Lipinski definition) is 4. The maximum Gasteiger partial charge on any atom is 0.162 e. The smallest absolute Gasteiger partial charge is 0.162 e. The van der Waals surface area contributed by atoms with Crippen LogP contribution >= 0.6 is 0 Å². The van der Waals surface area contributed by atoms with Crippen LogP contribution < -0.4 is 5.32 Å². The van der Waals surface area contributed by atoms with Gasteiger partial charge < -0.3 is 10.1 Å². The van der Waals surface area contributed by atoms with E-state index < -0.39 is 0 Å². The van der Waals surface area contributed by atoms with Gasteiger partial charge in [0.25, 0.3) is 0 Å². The third kappa shape index (κ3) is 3.29. The van der Waals surface area contributed by atoms with E-state index in [4.69, 9.17) is 9.72 Å². The summed E-state index contributed by atoms with van der Waals surface area (Å²) in [6.07, 6.45) is 4.43. The monoisotopic (exact) mass is 277 g/mol. The average Bonchev–Trinajstić information content (AvgIpc) is 2.42. The van der Waals surface area contributed by atoms with Gasteiger partial charge in [0.05, 0.1) is 0 Å². The first kappa shape index (κ1) is 15.2. The predicted octanol–water partition coefficient (Wildman–Crippen LogP) is 3.66. The van der Waals surface area contributed by atoms with Gasteiger partial charge in [0.2, 0.25) is 0 Å². The van der Waals surface area contributed by atoms with Gasteiger partial charge in [-0.25, -0.2) is 9.97 Å². The quantitative estimate of drug-likeness (QED) is 0.892. The summed E-state index contributed by atoms with van der Waals surface area (Å²) in [6.45, 7) is 10.1. The minimum atomic E-state index is -0.280. The van der Waals surface area contributed by atoms with Crippen LogP contribution in [-0.4, -0.2) is 23.1 Å². The molecule has 4 nitrogen and oxygen atoms in total. The van der Waals surface area contributed by atoms with Gasteiger partial charge in [-0.05, 0) is 52.4 Å². The summed E-state index contributed by atoms with van der Waals surface area (Å²) in [5.41, 5.74) is 0.723. The summed E-state index contributed by atoms with van der Waals surface area (Å²) in [5, 5.41) is 3.29. The van der Waals surface area contributed by atoms with Gasteiger partial charge >= 0.3 is 0 Å². The van der Waals surface area contributed by atoms with Gasteiger partial charge in [0, 0.05) is 24.9 Å². The van der Waals surface area contributed by atoms with Crippen molar-refractivity contribution in [2.45, 2.75) is 59.0 Å². The molecule has 0 saturated heterocycles. The second-order valence-corrected chi connectivity index (χ2v) is 5.86. The lowest BCUT2D eigenvalue weighted by Gasteiger charge is -2.38. The molecule has 0 spiro atoms.